The molecule has 0 spiro atoms. The number of unbranched alkanes of at least 4 members (excludes halogenated alkanes) is 4. The number of nitrogens with zero attached hydrogens (tertiary/aromatic N) is 2. The third-order valence-electron chi connectivity index (χ3n) is 5.02. The predicted molar refractivity (Wildman–Crippen MR) is 105 cm³/mol. The van der Waals surface area contributed by atoms with Gasteiger partial charge in [0.15, 0.2) is 10.3 Å². The maximum absolute atomic E-state index is 10.2. The second-order valence-electron chi connectivity index (χ2n) is 7.32. The highest BCUT2D eigenvalue weighted by atomic mass is 32.2. The predicted octanol–water partition coefficient (Wildman–Crippen LogP) is 3.68. The lowest BCUT2D eigenvalue weighted by molar-refractivity contribution is -0.929. The molecule has 1 saturated heterocycles. The summed E-state index contributed by atoms with van der Waals surface area (Å²) < 4.78 is 31.7. The molecule has 0 aliphatic carbocycles. The van der Waals surface area contributed by atoms with E-state index in [0.717, 1.165) is 0 Å². The average Bonchev–Trinajstić information content (AvgIpc) is 2.58. The van der Waals surface area contributed by atoms with Gasteiger partial charge in [0.1, 0.15) is 0 Å². The first kappa shape index (κ1) is 25.3. The molecule has 7 heteroatoms. The number of carbonyl (C=O) groups excluding carboxylic acids is 1. The van der Waals surface area contributed by atoms with Gasteiger partial charge in [-0.15, -0.1) is 0 Å². The molecular weight excluding hydrogens is 352 g/mol. The molecule has 0 saturated carbocycles. The van der Waals surface area contributed by atoms with Crippen molar-refractivity contribution in [1.82, 2.24) is 4.31 Å². The molecule has 0 atom stereocenters. The minimum absolute atomic E-state index is 0.0463. The van der Waals surface area contributed by atoms with Gasteiger partial charge >= 0.3 is 0 Å². The summed E-state index contributed by atoms with van der Waals surface area (Å²) >= 11 is 0. The fourth-order valence-corrected chi connectivity index (χ4v) is 3.83. The van der Waals surface area contributed by atoms with Gasteiger partial charge in [0.2, 0.25) is 5.91 Å². The van der Waals surface area contributed by atoms with E-state index in [-0.39, 0.29) is 13.0 Å². The first-order valence-corrected chi connectivity index (χ1v) is 11.7. The lowest BCUT2D eigenvalue weighted by Crippen LogP contribution is -2.50. The molecule has 1 fully saturated rings. The SMILES string of the molecule is CCCC[N+](CCCC)(CCCC)CCCC.O=C1CCN1S(=O)(=O)[O-]. The minimum atomic E-state index is -4.48. The average molecular weight is 393 g/mol. The number of β-lactam (4-membered cyclic amide) rings is 1. The molecule has 1 heterocycles. The molecule has 6 nitrogen and oxygen atoms in total. The second kappa shape index (κ2) is 13.5. The van der Waals surface area contributed by atoms with Crippen LogP contribution in [-0.2, 0) is 15.1 Å². The zero-order chi connectivity index (χ0) is 20.1. The van der Waals surface area contributed by atoms with Crippen LogP contribution in [0.25, 0.3) is 0 Å². The zero-order valence-electron chi connectivity index (χ0n) is 17.3. The van der Waals surface area contributed by atoms with Crippen molar-refractivity contribution >= 4 is 16.2 Å². The number of hydrogen-bond acceptors (Lipinski definition) is 4. The number of hydrogen-bond donors (Lipinski definition) is 0. The van der Waals surface area contributed by atoms with Gasteiger partial charge in [0.05, 0.1) is 26.2 Å². The van der Waals surface area contributed by atoms with Crippen LogP contribution in [0.1, 0.15) is 85.5 Å². The van der Waals surface area contributed by atoms with Crippen LogP contribution in [-0.4, -0.2) is 60.4 Å². The highest BCUT2D eigenvalue weighted by molar-refractivity contribution is 7.84. The molecule has 1 aliphatic heterocycles. The van der Waals surface area contributed by atoms with Crippen molar-refractivity contribution in [2.75, 3.05) is 32.7 Å². The molecule has 0 aromatic rings. The van der Waals surface area contributed by atoms with Gasteiger partial charge in [-0.2, -0.15) is 0 Å². The van der Waals surface area contributed by atoms with Gasteiger partial charge in [-0.3, -0.25) is 4.79 Å². The third-order valence-corrected chi connectivity index (χ3v) is 5.95. The van der Waals surface area contributed by atoms with Crippen molar-refractivity contribution < 1.29 is 22.2 Å². The molecular formula is C19H40N2O4S. The molecule has 1 rings (SSSR count). The number of quaternary nitrogens is 1. The molecule has 0 aromatic carbocycles. The standard InChI is InChI=1S/C16H36N.C3H5NO4S/c1-5-9-13-17(14-10-6-2,15-11-7-3)16-12-8-4;5-3-1-2-4(3)9(6,7)8/h5-16H2,1-4H3;1-2H2,(H,6,7,8)/q+1;/p-1. The van der Waals surface area contributed by atoms with E-state index in [1.165, 1.54) is 82.0 Å². The Balaban J connectivity index is 0.000000577. The van der Waals surface area contributed by atoms with E-state index in [9.17, 15) is 17.8 Å². The Labute approximate surface area is 161 Å². The number of amides is 1. The molecule has 0 N–H and O–H groups in total. The maximum atomic E-state index is 10.2. The summed E-state index contributed by atoms with van der Waals surface area (Å²) in [7, 11) is -4.48. The van der Waals surface area contributed by atoms with Gasteiger partial charge in [0.25, 0.3) is 0 Å². The lowest BCUT2D eigenvalue weighted by Gasteiger charge is -2.39. The van der Waals surface area contributed by atoms with Crippen LogP contribution in [0.2, 0.25) is 0 Å². The molecule has 1 aliphatic rings. The van der Waals surface area contributed by atoms with Gasteiger partial charge in [0, 0.05) is 13.0 Å². The van der Waals surface area contributed by atoms with Crippen molar-refractivity contribution in [3.05, 3.63) is 0 Å². The zero-order valence-corrected chi connectivity index (χ0v) is 18.2. The third kappa shape index (κ3) is 9.88. The lowest BCUT2D eigenvalue weighted by atomic mass is 10.1. The van der Waals surface area contributed by atoms with Gasteiger partial charge < -0.3 is 9.04 Å². The molecule has 0 aromatic heterocycles. The molecule has 1 amide bonds. The summed E-state index contributed by atoms with van der Waals surface area (Å²) in [5.74, 6) is -0.606. The summed E-state index contributed by atoms with van der Waals surface area (Å²) in [5.41, 5.74) is 0. The van der Waals surface area contributed by atoms with E-state index in [2.05, 4.69) is 27.7 Å². The van der Waals surface area contributed by atoms with Gasteiger partial charge in [-0.25, -0.2) is 12.7 Å². The van der Waals surface area contributed by atoms with Crippen LogP contribution in [0.5, 0.6) is 0 Å². The van der Waals surface area contributed by atoms with Crippen molar-refractivity contribution in [1.29, 1.82) is 0 Å². The monoisotopic (exact) mass is 392 g/mol. The molecule has 0 bridgehead atoms. The molecule has 0 radical (unpaired) electrons. The Morgan fingerprint density at radius 2 is 1.19 bits per heavy atom. The van der Waals surface area contributed by atoms with E-state index < -0.39 is 16.2 Å². The van der Waals surface area contributed by atoms with Crippen LogP contribution >= 0.6 is 0 Å². The van der Waals surface area contributed by atoms with E-state index in [1.807, 2.05) is 0 Å². The van der Waals surface area contributed by atoms with E-state index in [1.54, 1.807) is 0 Å². The van der Waals surface area contributed by atoms with E-state index in [4.69, 9.17) is 0 Å². The fraction of sp³-hybridized carbons (Fsp3) is 0.947. The van der Waals surface area contributed by atoms with E-state index >= 15 is 0 Å². The summed E-state index contributed by atoms with van der Waals surface area (Å²) in [6.07, 6.45) is 11.2. The Hall–Kier alpha value is -0.660. The Kier molecular flexibility index (Phi) is 13.2. The highest BCUT2D eigenvalue weighted by Gasteiger charge is 2.28. The minimum Gasteiger partial charge on any atom is -0.731 e. The van der Waals surface area contributed by atoms with Crippen molar-refractivity contribution in [3.63, 3.8) is 0 Å². The first-order chi connectivity index (χ1) is 12.3. The smallest absolute Gasteiger partial charge is 0.237 e. The van der Waals surface area contributed by atoms with Crippen LogP contribution < -0.4 is 0 Å². The van der Waals surface area contributed by atoms with Gasteiger partial charge in [-0.1, -0.05) is 53.4 Å². The van der Waals surface area contributed by atoms with Crippen molar-refractivity contribution in [3.8, 4) is 0 Å². The van der Waals surface area contributed by atoms with Crippen molar-refractivity contribution in [2.24, 2.45) is 0 Å². The Bertz CT molecular complexity index is 442. The molecule has 26 heavy (non-hydrogen) atoms. The van der Waals surface area contributed by atoms with Gasteiger partial charge in [-0.05, 0) is 25.7 Å². The summed E-state index contributed by atoms with van der Waals surface area (Å²) in [4.78, 5) is 10.2. The molecule has 0 unspecified atom stereocenters. The fourth-order valence-electron chi connectivity index (χ4n) is 3.18. The summed E-state index contributed by atoms with van der Waals surface area (Å²) in [6, 6.07) is 0. The normalized spacial score (nSPS) is 14.7. The Morgan fingerprint density at radius 1 is 0.846 bits per heavy atom. The van der Waals surface area contributed by atoms with Crippen LogP contribution in [0.3, 0.4) is 0 Å². The second-order valence-corrected chi connectivity index (χ2v) is 8.62. The summed E-state index contributed by atoms with van der Waals surface area (Å²) in [5, 5.41) is 0. The van der Waals surface area contributed by atoms with Crippen LogP contribution in [0.15, 0.2) is 0 Å². The van der Waals surface area contributed by atoms with Crippen LogP contribution in [0, 0.1) is 0 Å². The highest BCUT2D eigenvalue weighted by Crippen LogP contribution is 2.16. The number of carbonyl (C=O) groups is 1. The maximum Gasteiger partial charge on any atom is 0.237 e. The Morgan fingerprint density at radius 3 is 1.31 bits per heavy atom. The molecule has 156 valence electrons. The topological polar surface area (TPSA) is 77.5 Å². The first-order valence-electron chi connectivity index (χ1n) is 10.4. The van der Waals surface area contributed by atoms with Crippen molar-refractivity contribution in [2.45, 2.75) is 85.5 Å². The van der Waals surface area contributed by atoms with E-state index in [0.29, 0.717) is 4.31 Å². The summed E-state index contributed by atoms with van der Waals surface area (Å²) in [6.45, 7) is 15.1. The largest absolute Gasteiger partial charge is 0.731 e. The quantitative estimate of drug-likeness (QED) is 0.272. The number of rotatable bonds is 13. The van der Waals surface area contributed by atoms with Crippen LogP contribution in [0.4, 0.5) is 0 Å².